The molecule has 3 rings (SSSR count). The van der Waals surface area contributed by atoms with Crippen LogP contribution in [-0.2, 0) is 18.3 Å². The Bertz CT molecular complexity index is 687. The third-order valence-electron chi connectivity index (χ3n) is 4.78. The number of benzene rings is 1. The number of nitrogens with one attached hydrogen (secondary N) is 1. The summed E-state index contributed by atoms with van der Waals surface area (Å²) in [5.41, 5.74) is 3.41. The maximum Gasteiger partial charge on any atom is 0.220 e. The number of carbonyl (C=O) groups is 1. The Morgan fingerprint density at radius 1 is 1.38 bits per heavy atom. The number of aliphatic hydroxyl groups excluding tert-OH is 1. The molecule has 0 spiro atoms. The van der Waals surface area contributed by atoms with Gasteiger partial charge in [-0.1, -0.05) is 29.8 Å². The average molecular weight is 327 g/mol. The molecule has 1 fully saturated rings. The molecule has 1 saturated carbocycles. The fraction of sp³-hybridized carbons (Fsp3) is 0.474. The average Bonchev–Trinajstić information content (AvgIpc) is 2.96. The van der Waals surface area contributed by atoms with Crippen molar-refractivity contribution in [3.8, 4) is 0 Å². The highest BCUT2D eigenvalue weighted by molar-refractivity contribution is 5.76. The van der Waals surface area contributed by atoms with Crippen molar-refractivity contribution in [1.29, 1.82) is 0 Å². The second-order valence-corrected chi connectivity index (χ2v) is 6.86. The van der Waals surface area contributed by atoms with Crippen LogP contribution in [0, 0.1) is 12.8 Å². The predicted molar refractivity (Wildman–Crippen MR) is 92.3 cm³/mol. The number of amides is 1. The first-order valence-electron chi connectivity index (χ1n) is 8.53. The van der Waals surface area contributed by atoms with Crippen molar-refractivity contribution in [3.05, 3.63) is 53.3 Å². The molecule has 0 radical (unpaired) electrons. The van der Waals surface area contributed by atoms with Crippen LogP contribution in [-0.4, -0.2) is 26.9 Å². The van der Waals surface area contributed by atoms with Gasteiger partial charge in [0.05, 0.1) is 18.3 Å². The van der Waals surface area contributed by atoms with E-state index < -0.39 is 0 Å². The summed E-state index contributed by atoms with van der Waals surface area (Å²) in [6, 6.07) is 8.23. The molecule has 128 valence electrons. The summed E-state index contributed by atoms with van der Waals surface area (Å²) >= 11 is 0. The van der Waals surface area contributed by atoms with Gasteiger partial charge in [0.15, 0.2) is 0 Å². The van der Waals surface area contributed by atoms with E-state index in [1.807, 2.05) is 13.2 Å². The summed E-state index contributed by atoms with van der Waals surface area (Å²) in [7, 11) is 1.87. The number of aryl methyl sites for hydroxylation is 3. The first kappa shape index (κ1) is 16.7. The molecular formula is C19H25N3O2. The minimum Gasteiger partial charge on any atom is -0.393 e. The molecule has 2 N–H and O–H groups in total. The lowest BCUT2D eigenvalue weighted by atomic mass is 9.75. The molecule has 1 aliphatic rings. The van der Waals surface area contributed by atoms with Crippen molar-refractivity contribution in [2.45, 2.75) is 44.8 Å². The Kier molecular flexibility index (Phi) is 5.00. The minimum atomic E-state index is -0.237. The van der Waals surface area contributed by atoms with E-state index in [0.29, 0.717) is 6.42 Å². The highest BCUT2D eigenvalue weighted by atomic mass is 16.3. The summed E-state index contributed by atoms with van der Waals surface area (Å²) in [4.78, 5) is 12.4. The maximum atomic E-state index is 12.4. The fourth-order valence-electron chi connectivity index (χ4n) is 3.23. The monoisotopic (exact) mass is 327 g/mol. The second-order valence-electron chi connectivity index (χ2n) is 6.86. The van der Waals surface area contributed by atoms with Crippen LogP contribution in [0.4, 0.5) is 0 Å². The summed E-state index contributed by atoms with van der Waals surface area (Å²) in [6.07, 6.45) is 6.17. The van der Waals surface area contributed by atoms with Crippen LogP contribution in [0.2, 0.25) is 0 Å². The minimum absolute atomic E-state index is 0.0471. The maximum absolute atomic E-state index is 12.4. The molecule has 1 amide bonds. The highest BCUT2D eigenvalue weighted by Crippen LogP contribution is 2.38. The Morgan fingerprint density at radius 3 is 2.67 bits per heavy atom. The van der Waals surface area contributed by atoms with Gasteiger partial charge >= 0.3 is 0 Å². The number of rotatable bonds is 6. The van der Waals surface area contributed by atoms with Gasteiger partial charge in [0.1, 0.15) is 0 Å². The number of hydrogen-bond acceptors (Lipinski definition) is 3. The molecule has 1 aromatic carbocycles. The molecule has 5 nitrogen and oxygen atoms in total. The molecular weight excluding hydrogens is 302 g/mol. The molecule has 5 heteroatoms. The van der Waals surface area contributed by atoms with E-state index >= 15 is 0 Å². The van der Waals surface area contributed by atoms with Crippen molar-refractivity contribution in [2.75, 3.05) is 0 Å². The van der Waals surface area contributed by atoms with Crippen LogP contribution in [0.15, 0.2) is 36.7 Å². The number of aliphatic hydroxyl groups is 1. The van der Waals surface area contributed by atoms with Gasteiger partial charge in [-0.05, 0) is 37.7 Å². The van der Waals surface area contributed by atoms with Gasteiger partial charge in [-0.25, -0.2) is 0 Å². The molecule has 0 aliphatic heterocycles. The summed E-state index contributed by atoms with van der Waals surface area (Å²) < 4.78 is 1.75. The number of carbonyl (C=O) groups excluding carboxylic acids is 1. The quantitative estimate of drug-likeness (QED) is 0.855. The second kappa shape index (κ2) is 7.18. The van der Waals surface area contributed by atoms with Gasteiger partial charge < -0.3 is 10.4 Å². The van der Waals surface area contributed by atoms with Gasteiger partial charge in [0.25, 0.3) is 0 Å². The molecule has 24 heavy (non-hydrogen) atoms. The van der Waals surface area contributed by atoms with Crippen LogP contribution >= 0.6 is 0 Å². The van der Waals surface area contributed by atoms with Crippen LogP contribution < -0.4 is 5.32 Å². The molecule has 1 atom stereocenters. The number of hydrogen-bond donors (Lipinski definition) is 2. The first-order valence-corrected chi connectivity index (χ1v) is 8.53. The third-order valence-corrected chi connectivity index (χ3v) is 4.78. The Morgan fingerprint density at radius 2 is 2.08 bits per heavy atom. The molecule has 2 aromatic rings. The van der Waals surface area contributed by atoms with E-state index in [1.165, 1.54) is 11.1 Å². The fourth-order valence-corrected chi connectivity index (χ4v) is 3.23. The molecule has 1 heterocycles. The van der Waals surface area contributed by atoms with Gasteiger partial charge in [0, 0.05) is 25.2 Å². The molecule has 0 bridgehead atoms. The van der Waals surface area contributed by atoms with Gasteiger partial charge in [-0.3, -0.25) is 9.48 Å². The largest absolute Gasteiger partial charge is 0.393 e. The topological polar surface area (TPSA) is 67.2 Å². The van der Waals surface area contributed by atoms with Gasteiger partial charge in [-0.2, -0.15) is 5.10 Å². The Hall–Kier alpha value is -2.14. The van der Waals surface area contributed by atoms with Crippen molar-refractivity contribution in [2.24, 2.45) is 13.0 Å². The third kappa shape index (κ3) is 4.03. The van der Waals surface area contributed by atoms with Crippen molar-refractivity contribution in [3.63, 3.8) is 0 Å². The van der Waals surface area contributed by atoms with Crippen LogP contribution in [0.25, 0.3) is 0 Å². The van der Waals surface area contributed by atoms with Crippen LogP contribution in [0.5, 0.6) is 0 Å². The highest BCUT2D eigenvalue weighted by Gasteiger charge is 2.36. The van der Waals surface area contributed by atoms with E-state index in [0.717, 1.165) is 24.8 Å². The number of aromatic nitrogens is 2. The lowest BCUT2D eigenvalue weighted by Crippen LogP contribution is -2.41. The van der Waals surface area contributed by atoms with Gasteiger partial charge in [0.2, 0.25) is 5.91 Å². The standard InChI is InChI=1S/C19H25N3O2/c1-13-3-5-14(6-4-13)7-8-18(24)21-19(15-9-17(23)10-15)16-11-20-22(2)12-16/h3-6,11-12,15,17,19,23H,7-10H2,1-2H3,(H,21,24)/t15?,17?,19-/m0/s1. The van der Waals surface area contributed by atoms with Crippen molar-refractivity contribution in [1.82, 2.24) is 15.1 Å². The lowest BCUT2D eigenvalue weighted by Gasteiger charge is -2.37. The van der Waals surface area contributed by atoms with E-state index in [9.17, 15) is 9.90 Å². The van der Waals surface area contributed by atoms with E-state index in [4.69, 9.17) is 0 Å². The van der Waals surface area contributed by atoms with Gasteiger partial charge in [-0.15, -0.1) is 0 Å². The molecule has 1 aromatic heterocycles. The molecule has 0 unspecified atom stereocenters. The van der Waals surface area contributed by atoms with Crippen molar-refractivity contribution < 1.29 is 9.90 Å². The predicted octanol–water partition coefficient (Wildman–Crippen LogP) is 2.29. The Labute approximate surface area is 142 Å². The van der Waals surface area contributed by atoms with Crippen LogP contribution in [0.1, 0.15) is 42.0 Å². The zero-order valence-electron chi connectivity index (χ0n) is 14.3. The summed E-state index contributed by atoms with van der Waals surface area (Å²) in [5, 5.41) is 17.0. The Balaban J connectivity index is 1.59. The zero-order valence-corrected chi connectivity index (χ0v) is 14.3. The molecule has 0 saturated heterocycles. The van der Waals surface area contributed by atoms with E-state index in [1.54, 1.807) is 10.9 Å². The first-order chi connectivity index (χ1) is 11.5. The van der Waals surface area contributed by atoms with E-state index in [2.05, 4.69) is 41.6 Å². The smallest absolute Gasteiger partial charge is 0.220 e. The molecule has 1 aliphatic carbocycles. The number of nitrogens with zero attached hydrogens (tertiary/aromatic N) is 2. The van der Waals surface area contributed by atoms with E-state index in [-0.39, 0.29) is 24.0 Å². The van der Waals surface area contributed by atoms with Crippen LogP contribution in [0.3, 0.4) is 0 Å². The zero-order chi connectivity index (χ0) is 17.1. The summed E-state index contributed by atoms with van der Waals surface area (Å²) in [5.74, 6) is 0.332. The van der Waals surface area contributed by atoms with Crippen molar-refractivity contribution >= 4 is 5.91 Å². The summed E-state index contributed by atoms with van der Waals surface area (Å²) in [6.45, 7) is 2.06. The normalized spacial score (nSPS) is 21.1. The lowest BCUT2D eigenvalue weighted by molar-refractivity contribution is -0.123. The SMILES string of the molecule is Cc1ccc(CCC(=O)N[C@H](c2cnn(C)c2)C2CC(O)C2)cc1.